The molecule has 1 fully saturated rings. The third-order valence-corrected chi connectivity index (χ3v) is 5.35. The second-order valence-corrected chi connectivity index (χ2v) is 7.14. The lowest BCUT2D eigenvalue weighted by Crippen LogP contribution is -2.49. The summed E-state index contributed by atoms with van der Waals surface area (Å²) in [5.74, 6) is -0.344. The van der Waals surface area contributed by atoms with Crippen molar-refractivity contribution in [1.82, 2.24) is 4.90 Å². The number of carbonyl (C=O) groups excluding carboxylic acids is 2. The highest BCUT2D eigenvalue weighted by Crippen LogP contribution is 2.28. The van der Waals surface area contributed by atoms with Crippen molar-refractivity contribution in [2.45, 2.75) is 13.8 Å². The van der Waals surface area contributed by atoms with Crippen LogP contribution in [0.1, 0.15) is 31.8 Å². The van der Waals surface area contributed by atoms with E-state index in [0.29, 0.717) is 36.8 Å². The van der Waals surface area contributed by atoms with Crippen molar-refractivity contribution < 1.29 is 14.3 Å². The fraction of sp³-hybridized carbons (Fsp3) is 0.333. The molecule has 1 heterocycles. The normalized spacial score (nSPS) is 14.2. The summed E-state index contributed by atoms with van der Waals surface area (Å²) in [5.41, 5.74) is 4.27. The number of rotatable bonds is 3. The van der Waals surface area contributed by atoms with E-state index in [9.17, 15) is 9.59 Å². The van der Waals surface area contributed by atoms with Gasteiger partial charge in [-0.2, -0.15) is 0 Å². The van der Waals surface area contributed by atoms with E-state index in [4.69, 9.17) is 16.3 Å². The number of piperazine rings is 1. The third-order valence-electron chi connectivity index (χ3n) is 5.03. The molecule has 0 atom stereocenters. The molecule has 6 heteroatoms. The Bertz CT molecular complexity index is 874. The van der Waals surface area contributed by atoms with Crippen LogP contribution in [0, 0.1) is 13.8 Å². The van der Waals surface area contributed by atoms with Crippen LogP contribution in [-0.2, 0) is 4.74 Å². The van der Waals surface area contributed by atoms with Crippen molar-refractivity contribution in [3.05, 3.63) is 63.7 Å². The summed E-state index contributed by atoms with van der Waals surface area (Å²) in [6, 6.07) is 10.9. The van der Waals surface area contributed by atoms with Crippen molar-refractivity contribution in [2.75, 3.05) is 38.2 Å². The van der Waals surface area contributed by atoms with Crippen LogP contribution in [0.5, 0.6) is 0 Å². The molecular weight excluding hydrogens is 364 g/mol. The largest absolute Gasteiger partial charge is 0.465 e. The van der Waals surface area contributed by atoms with Gasteiger partial charge in [0.15, 0.2) is 0 Å². The first-order chi connectivity index (χ1) is 12.9. The molecule has 0 unspecified atom stereocenters. The molecule has 0 aliphatic carbocycles. The topological polar surface area (TPSA) is 49.9 Å². The molecule has 0 N–H and O–H groups in total. The molecule has 27 heavy (non-hydrogen) atoms. The summed E-state index contributed by atoms with van der Waals surface area (Å²) < 4.78 is 4.78. The summed E-state index contributed by atoms with van der Waals surface area (Å²) in [5, 5.41) is 0.580. The van der Waals surface area contributed by atoms with Gasteiger partial charge in [-0.3, -0.25) is 4.79 Å². The molecule has 1 saturated heterocycles. The minimum atomic E-state index is -0.392. The van der Waals surface area contributed by atoms with Crippen LogP contribution < -0.4 is 4.90 Å². The number of amides is 1. The monoisotopic (exact) mass is 386 g/mol. The summed E-state index contributed by atoms with van der Waals surface area (Å²) in [6.45, 7) is 6.56. The lowest BCUT2D eigenvalue weighted by atomic mass is 10.1. The van der Waals surface area contributed by atoms with Gasteiger partial charge in [-0.1, -0.05) is 17.7 Å². The zero-order valence-corrected chi connectivity index (χ0v) is 16.5. The zero-order valence-electron chi connectivity index (χ0n) is 15.8. The highest BCUT2D eigenvalue weighted by molar-refractivity contribution is 6.33. The van der Waals surface area contributed by atoms with Crippen LogP contribution in [0.25, 0.3) is 0 Å². The van der Waals surface area contributed by atoms with Gasteiger partial charge in [0, 0.05) is 31.7 Å². The van der Waals surface area contributed by atoms with E-state index >= 15 is 0 Å². The number of halogens is 1. The number of hydrogen-bond acceptors (Lipinski definition) is 4. The van der Waals surface area contributed by atoms with Gasteiger partial charge in [-0.05, 0) is 55.3 Å². The minimum Gasteiger partial charge on any atom is -0.465 e. The third kappa shape index (κ3) is 4.08. The number of ether oxygens (including phenoxy) is 1. The van der Waals surface area contributed by atoms with E-state index in [-0.39, 0.29) is 5.91 Å². The number of anilines is 1. The summed E-state index contributed by atoms with van der Waals surface area (Å²) >= 11 is 6.33. The number of methoxy groups -OCH3 is 1. The predicted molar refractivity (Wildman–Crippen MR) is 107 cm³/mol. The Labute approximate surface area is 164 Å². The first kappa shape index (κ1) is 19.2. The standard InChI is InChI=1S/C21H23ClN2O3/c1-14-4-5-16(12-15(14)2)20(25)24-10-8-23(9-11-24)19-13-17(21(26)27-3)6-7-18(19)22/h4-7,12-13H,8-11H2,1-3H3. The first-order valence-electron chi connectivity index (χ1n) is 8.90. The van der Waals surface area contributed by atoms with Gasteiger partial charge in [0.2, 0.25) is 0 Å². The average Bonchev–Trinajstić information content (AvgIpc) is 2.69. The number of carbonyl (C=O) groups is 2. The van der Waals surface area contributed by atoms with Crippen LogP contribution >= 0.6 is 11.6 Å². The molecule has 1 aliphatic heterocycles. The molecule has 0 aromatic heterocycles. The van der Waals surface area contributed by atoms with Crippen molar-refractivity contribution in [3.8, 4) is 0 Å². The van der Waals surface area contributed by atoms with Gasteiger partial charge in [0.25, 0.3) is 5.91 Å². The fourth-order valence-corrected chi connectivity index (χ4v) is 3.44. The van der Waals surface area contributed by atoms with Crippen molar-refractivity contribution >= 4 is 29.2 Å². The molecule has 3 rings (SSSR count). The molecule has 1 aliphatic rings. The summed E-state index contributed by atoms with van der Waals surface area (Å²) in [4.78, 5) is 28.5. The Hall–Kier alpha value is -2.53. The van der Waals surface area contributed by atoms with Gasteiger partial charge in [-0.15, -0.1) is 0 Å². The number of benzene rings is 2. The van der Waals surface area contributed by atoms with Crippen LogP contribution in [0.3, 0.4) is 0 Å². The minimum absolute atomic E-state index is 0.0483. The van der Waals surface area contributed by atoms with E-state index in [0.717, 1.165) is 16.8 Å². The smallest absolute Gasteiger partial charge is 0.337 e. The van der Waals surface area contributed by atoms with Crippen LogP contribution in [0.15, 0.2) is 36.4 Å². The van der Waals surface area contributed by atoms with Crippen molar-refractivity contribution in [1.29, 1.82) is 0 Å². The SMILES string of the molecule is COC(=O)c1ccc(Cl)c(N2CCN(C(=O)c3ccc(C)c(C)c3)CC2)c1. The van der Waals surface area contributed by atoms with Gasteiger partial charge in [0.05, 0.1) is 23.4 Å². The quantitative estimate of drug-likeness (QED) is 0.754. The second-order valence-electron chi connectivity index (χ2n) is 6.74. The molecule has 0 radical (unpaired) electrons. The van der Waals surface area contributed by atoms with Crippen LogP contribution in [-0.4, -0.2) is 50.1 Å². The molecule has 1 amide bonds. The Kier molecular flexibility index (Phi) is 5.71. The maximum absolute atomic E-state index is 12.8. The molecule has 5 nitrogen and oxygen atoms in total. The van der Waals surface area contributed by atoms with Gasteiger partial charge in [-0.25, -0.2) is 4.79 Å². The van der Waals surface area contributed by atoms with Gasteiger partial charge >= 0.3 is 5.97 Å². The molecule has 2 aromatic rings. The Morgan fingerprint density at radius 1 is 0.926 bits per heavy atom. The molecule has 0 bridgehead atoms. The van der Waals surface area contributed by atoms with Crippen LogP contribution in [0.2, 0.25) is 5.02 Å². The summed E-state index contributed by atoms with van der Waals surface area (Å²) in [6.07, 6.45) is 0. The Balaban J connectivity index is 1.71. The first-order valence-corrected chi connectivity index (χ1v) is 9.28. The predicted octanol–water partition coefficient (Wildman–Crippen LogP) is 3.71. The van der Waals surface area contributed by atoms with Gasteiger partial charge in [0.1, 0.15) is 0 Å². The molecule has 0 spiro atoms. The van der Waals surface area contributed by atoms with Gasteiger partial charge < -0.3 is 14.5 Å². The number of esters is 1. The lowest BCUT2D eigenvalue weighted by Gasteiger charge is -2.36. The Morgan fingerprint density at radius 3 is 2.22 bits per heavy atom. The fourth-order valence-electron chi connectivity index (χ4n) is 3.21. The number of hydrogen-bond donors (Lipinski definition) is 0. The molecular formula is C21H23ClN2O3. The van der Waals surface area contributed by atoms with E-state index in [1.165, 1.54) is 12.7 Å². The van der Waals surface area contributed by atoms with E-state index in [1.807, 2.05) is 36.9 Å². The van der Waals surface area contributed by atoms with Crippen molar-refractivity contribution in [2.24, 2.45) is 0 Å². The summed E-state index contributed by atoms with van der Waals surface area (Å²) in [7, 11) is 1.35. The Morgan fingerprint density at radius 2 is 1.59 bits per heavy atom. The van der Waals surface area contributed by atoms with E-state index < -0.39 is 5.97 Å². The number of nitrogens with zero attached hydrogens (tertiary/aromatic N) is 2. The maximum atomic E-state index is 12.8. The lowest BCUT2D eigenvalue weighted by molar-refractivity contribution is 0.0600. The highest BCUT2D eigenvalue weighted by atomic mass is 35.5. The second kappa shape index (κ2) is 8.01. The molecule has 142 valence electrons. The number of aryl methyl sites for hydroxylation is 2. The maximum Gasteiger partial charge on any atom is 0.337 e. The zero-order chi connectivity index (χ0) is 19.6. The highest BCUT2D eigenvalue weighted by Gasteiger charge is 2.24. The van der Waals surface area contributed by atoms with E-state index in [1.54, 1.807) is 18.2 Å². The van der Waals surface area contributed by atoms with Crippen molar-refractivity contribution in [3.63, 3.8) is 0 Å². The van der Waals surface area contributed by atoms with Crippen LogP contribution in [0.4, 0.5) is 5.69 Å². The average molecular weight is 387 g/mol. The molecule has 0 saturated carbocycles. The molecule has 2 aromatic carbocycles. The van der Waals surface area contributed by atoms with E-state index in [2.05, 4.69) is 4.90 Å².